The number of non-ortho nitro benzene ring substituents is 1. The molecule has 1 aliphatic rings. The Morgan fingerprint density at radius 1 is 1.12 bits per heavy atom. The molecule has 128 valence electrons. The maximum atomic E-state index is 12.5. The van der Waals surface area contributed by atoms with Crippen molar-refractivity contribution in [3.63, 3.8) is 0 Å². The molecule has 1 heterocycles. The molecule has 8 heteroatoms. The van der Waals surface area contributed by atoms with Gasteiger partial charge in [-0.3, -0.25) is 24.6 Å². The third-order valence-corrected chi connectivity index (χ3v) is 4.74. The molecule has 2 aromatic carbocycles. The highest BCUT2D eigenvalue weighted by atomic mass is 32.2. The number of nitro groups is 1. The van der Waals surface area contributed by atoms with Crippen LogP contribution in [0.5, 0.6) is 0 Å². The zero-order valence-corrected chi connectivity index (χ0v) is 14.2. The van der Waals surface area contributed by atoms with E-state index in [4.69, 9.17) is 0 Å². The highest BCUT2D eigenvalue weighted by Gasteiger charge is 2.39. The molecular weight excluding hydrogens is 342 g/mol. The highest BCUT2D eigenvalue weighted by Crippen LogP contribution is 2.29. The van der Waals surface area contributed by atoms with E-state index in [1.165, 1.54) is 12.1 Å². The lowest BCUT2D eigenvalue weighted by Gasteiger charge is -2.15. The average molecular weight is 357 g/mol. The second-order valence-corrected chi connectivity index (χ2v) is 6.68. The predicted molar refractivity (Wildman–Crippen MR) is 95.2 cm³/mol. The van der Waals surface area contributed by atoms with Crippen LogP contribution in [0, 0.1) is 17.0 Å². The summed E-state index contributed by atoms with van der Waals surface area (Å²) in [7, 11) is 0. The number of nitrogens with zero attached hydrogens (tertiary/aromatic N) is 2. The second-order valence-electron chi connectivity index (χ2n) is 5.62. The third-order valence-electron chi connectivity index (χ3n) is 3.77. The number of aryl methyl sites for hydroxylation is 1. The van der Waals surface area contributed by atoms with Gasteiger partial charge >= 0.3 is 0 Å². The fourth-order valence-corrected chi connectivity index (χ4v) is 3.29. The molecule has 0 unspecified atom stereocenters. The lowest BCUT2D eigenvalue weighted by atomic mass is 10.2. The fourth-order valence-electron chi connectivity index (χ4n) is 2.39. The molecule has 0 aliphatic carbocycles. The summed E-state index contributed by atoms with van der Waals surface area (Å²) in [5, 5.41) is 12.7. The number of rotatable bonds is 5. The zero-order valence-electron chi connectivity index (χ0n) is 13.3. The fraction of sp³-hybridized carbons (Fsp3) is 0.176. The SMILES string of the molecule is Cc1ccc(N[C@H]2SC(=O)N(Cc3ccc([N+](=O)[O-])cc3)C2=O)cc1. The highest BCUT2D eigenvalue weighted by molar-refractivity contribution is 8.15. The Morgan fingerprint density at radius 3 is 2.36 bits per heavy atom. The topological polar surface area (TPSA) is 92.6 Å². The minimum absolute atomic E-state index is 0.0314. The van der Waals surface area contributed by atoms with Gasteiger partial charge < -0.3 is 5.32 Å². The number of nitro benzene ring substituents is 1. The minimum Gasteiger partial charge on any atom is -0.365 e. The molecule has 2 amide bonds. The molecule has 7 nitrogen and oxygen atoms in total. The second kappa shape index (κ2) is 6.94. The van der Waals surface area contributed by atoms with Crippen LogP contribution < -0.4 is 5.32 Å². The van der Waals surface area contributed by atoms with Crippen LogP contribution in [0.2, 0.25) is 0 Å². The van der Waals surface area contributed by atoms with Gasteiger partial charge in [0.05, 0.1) is 11.5 Å². The third kappa shape index (κ3) is 3.80. The van der Waals surface area contributed by atoms with E-state index in [0.29, 0.717) is 5.56 Å². The van der Waals surface area contributed by atoms with E-state index in [2.05, 4.69) is 5.32 Å². The number of nitrogens with one attached hydrogen (secondary N) is 1. The first kappa shape index (κ1) is 17.0. The summed E-state index contributed by atoms with van der Waals surface area (Å²) in [5.41, 5.74) is 2.49. The smallest absolute Gasteiger partial charge is 0.291 e. The van der Waals surface area contributed by atoms with Gasteiger partial charge in [0.2, 0.25) is 0 Å². The van der Waals surface area contributed by atoms with Crippen molar-refractivity contribution in [3.05, 3.63) is 69.8 Å². The van der Waals surface area contributed by atoms with Gasteiger partial charge in [-0.2, -0.15) is 0 Å². The van der Waals surface area contributed by atoms with Crippen molar-refractivity contribution in [2.75, 3.05) is 5.32 Å². The van der Waals surface area contributed by atoms with Crippen molar-refractivity contribution in [3.8, 4) is 0 Å². The molecule has 25 heavy (non-hydrogen) atoms. The largest absolute Gasteiger partial charge is 0.365 e. The number of anilines is 1. The molecule has 0 radical (unpaired) electrons. The van der Waals surface area contributed by atoms with Gasteiger partial charge in [-0.15, -0.1) is 0 Å². The van der Waals surface area contributed by atoms with Gasteiger partial charge in [0.25, 0.3) is 16.8 Å². The summed E-state index contributed by atoms with van der Waals surface area (Å²) in [5.74, 6) is -0.325. The van der Waals surface area contributed by atoms with Gasteiger partial charge in [0, 0.05) is 17.8 Å². The number of amides is 2. The molecule has 1 atom stereocenters. The summed E-state index contributed by atoms with van der Waals surface area (Å²) in [6.45, 7) is 2.06. The van der Waals surface area contributed by atoms with Gasteiger partial charge in [0.1, 0.15) is 0 Å². The average Bonchev–Trinajstić information content (AvgIpc) is 2.85. The van der Waals surface area contributed by atoms with Crippen LogP contribution in [0.25, 0.3) is 0 Å². The standard InChI is InChI=1S/C17H15N3O4S/c1-11-2-6-13(7-3-11)18-15-16(21)19(17(22)25-15)10-12-4-8-14(9-5-12)20(23)24/h2-9,15,18H,10H2,1H3/t15-/m0/s1. The maximum absolute atomic E-state index is 12.5. The summed E-state index contributed by atoms with van der Waals surface area (Å²) < 4.78 is 0. The first-order valence-electron chi connectivity index (χ1n) is 7.52. The van der Waals surface area contributed by atoms with Crippen LogP contribution in [0.15, 0.2) is 48.5 Å². The Labute approximate surface area is 148 Å². The zero-order chi connectivity index (χ0) is 18.0. The lowest BCUT2D eigenvalue weighted by molar-refractivity contribution is -0.384. The van der Waals surface area contributed by atoms with Gasteiger partial charge in [-0.05, 0) is 36.4 Å². The number of carbonyl (C=O) groups excluding carboxylic acids is 2. The summed E-state index contributed by atoms with van der Waals surface area (Å²) >= 11 is 0.926. The summed E-state index contributed by atoms with van der Waals surface area (Å²) in [6, 6.07) is 13.4. The van der Waals surface area contributed by atoms with Gasteiger partial charge in [-0.25, -0.2) is 0 Å². The number of carbonyl (C=O) groups is 2. The minimum atomic E-state index is -0.673. The normalized spacial score (nSPS) is 17.0. The van der Waals surface area contributed by atoms with Gasteiger partial charge in [-0.1, -0.05) is 29.8 Å². The summed E-state index contributed by atoms with van der Waals surface area (Å²) in [6.07, 6.45) is 0. The molecule has 1 N–H and O–H groups in total. The van der Waals surface area contributed by atoms with Crippen molar-refractivity contribution in [2.45, 2.75) is 18.8 Å². The number of imide groups is 1. The van der Waals surface area contributed by atoms with E-state index in [1.807, 2.05) is 31.2 Å². The van der Waals surface area contributed by atoms with Crippen LogP contribution in [0.3, 0.4) is 0 Å². The Kier molecular flexibility index (Phi) is 4.71. The van der Waals surface area contributed by atoms with Crippen molar-refractivity contribution in [2.24, 2.45) is 0 Å². The molecule has 0 aromatic heterocycles. The number of hydrogen-bond donors (Lipinski definition) is 1. The molecule has 3 rings (SSSR count). The van der Waals surface area contributed by atoms with E-state index < -0.39 is 10.3 Å². The first-order valence-corrected chi connectivity index (χ1v) is 8.40. The van der Waals surface area contributed by atoms with Crippen LogP contribution in [0.4, 0.5) is 16.2 Å². The molecule has 2 aromatic rings. The number of benzene rings is 2. The number of thioether (sulfide) groups is 1. The Bertz CT molecular complexity index is 821. The van der Waals surface area contributed by atoms with Crippen LogP contribution in [-0.4, -0.2) is 26.3 Å². The summed E-state index contributed by atoms with van der Waals surface area (Å²) in [4.78, 5) is 36.0. The van der Waals surface area contributed by atoms with Crippen molar-refractivity contribution < 1.29 is 14.5 Å². The van der Waals surface area contributed by atoms with E-state index >= 15 is 0 Å². The Hall–Kier alpha value is -2.87. The molecule has 0 bridgehead atoms. The first-order chi connectivity index (χ1) is 11.9. The Morgan fingerprint density at radius 2 is 1.76 bits per heavy atom. The monoisotopic (exact) mass is 357 g/mol. The molecule has 1 fully saturated rings. The van der Waals surface area contributed by atoms with Crippen LogP contribution >= 0.6 is 11.8 Å². The maximum Gasteiger partial charge on any atom is 0.291 e. The lowest BCUT2D eigenvalue weighted by Crippen LogP contribution is -2.33. The van der Waals surface area contributed by atoms with Crippen LogP contribution in [-0.2, 0) is 11.3 Å². The van der Waals surface area contributed by atoms with Crippen molar-refractivity contribution >= 4 is 34.3 Å². The van der Waals surface area contributed by atoms with Crippen molar-refractivity contribution in [1.29, 1.82) is 0 Å². The van der Waals surface area contributed by atoms with E-state index in [1.54, 1.807) is 12.1 Å². The van der Waals surface area contributed by atoms with Crippen molar-refractivity contribution in [1.82, 2.24) is 4.90 Å². The quantitative estimate of drug-likeness (QED) is 0.650. The van der Waals surface area contributed by atoms with Gasteiger partial charge in [0.15, 0.2) is 5.37 Å². The number of hydrogen-bond acceptors (Lipinski definition) is 6. The van der Waals surface area contributed by atoms with E-state index in [0.717, 1.165) is 27.9 Å². The molecular formula is C17H15N3O4S. The molecule has 1 aliphatic heterocycles. The molecule has 1 saturated heterocycles. The molecule has 0 saturated carbocycles. The van der Waals surface area contributed by atoms with Crippen LogP contribution in [0.1, 0.15) is 11.1 Å². The predicted octanol–water partition coefficient (Wildman–Crippen LogP) is 3.54. The Balaban J connectivity index is 1.68. The molecule has 0 spiro atoms. The van der Waals surface area contributed by atoms with E-state index in [9.17, 15) is 19.7 Å². The van der Waals surface area contributed by atoms with E-state index in [-0.39, 0.29) is 23.4 Å².